The first-order valence-corrected chi connectivity index (χ1v) is 9.06. The van der Waals surface area contributed by atoms with Gasteiger partial charge in [0.05, 0.1) is 9.82 Å². The molecule has 1 heterocycles. The molecule has 9 heteroatoms. The fourth-order valence-electron chi connectivity index (χ4n) is 2.53. The summed E-state index contributed by atoms with van der Waals surface area (Å²) in [6.45, 7) is 6.62. The first-order chi connectivity index (χ1) is 10.9. The van der Waals surface area contributed by atoms with Gasteiger partial charge in [-0.25, -0.2) is 13.1 Å². The van der Waals surface area contributed by atoms with Crippen LogP contribution in [-0.4, -0.2) is 57.5 Å². The summed E-state index contributed by atoms with van der Waals surface area (Å²) in [6.07, 6.45) is 0.727. The molecule has 1 aromatic carbocycles. The van der Waals surface area contributed by atoms with Crippen LogP contribution in [0.2, 0.25) is 0 Å². The van der Waals surface area contributed by atoms with Gasteiger partial charge < -0.3 is 10.2 Å². The van der Waals surface area contributed by atoms with Crippen molar-refractivity contribution >= 4 is 15.7 Å². The van der Waals surface area contributed by atoms with Gasteiger partial charge in [0.15, 0.2) is 0 Å². The molecule has 1 aliphatic heterocycles. The number of piperazine rings is 1. The van der Waals surface area contributed by atoms with Crippen molar-refractivity contribution < 1.29 is 13.3 Å². The van der Waals surface area contributed by atoms with E-state index in [-0.39, 0.29) is 10.6 Å². The summed E-state index contributed by atoms with van der Waals surface area (Å²) in [5.74, 6) is 0. The summed E-state index contributed by atoms with van der Waals surface area (Å²) in [5.41, 5.74) is 0.251. The third-order valence-electron chi connectivity index (χ3n) is 3.83. The number of hydrogen-bond acceptors (Lipinski definition) is 6. The van der Waals surface area contributed by atoms with E-state index in [9.17, 15) is 18.5 Å². The zero-order valence-electron chi connectivity index (χ0n) is 13.1. The summed E-state index contributed by atoms with van der Waals surface area (Å²) in [6, 6.07) is 3.82. The molecule has 0 amide bonds. The summed E-state index contributed by atoms with van der Waals surface area (Å²) in [5, 5.41) is 14.0. The number of aryl methyl sites for hydroxylation is 1. The zero-order valence-corrected chi connectivity index (χ0v) is 13.9. The zero-order chi connectivity index (χ0) is 16.9. The molecule has 0 atom stereocenters. The molecule has 23 heavy (non-hydrogen) atoms. The van der Waals surface area contributed by atoms with E-state index in [4.69, 9.17) is 0 Å². The first-order valence-electron chi connectivity index (χ1n) is 7.58. The van der Waals surface area contributed by atoms with Gasteiger partial charge in [0, 0.05) is 44.4 Å². The van der Waals surface area contributed by atoms with Gasteiger partial charge in [0.2, 0.25) is 10.0 Å². The molecule has 0 aromatic heterocycles. The number of rotatable bonds is 7. The molecule has 0 unspecified atom stereocenters. The average Bonchev–Trinajstić information content (AvgIpc) is 2.52. The number of hydrogen-bond donors (Lipinski definition) is 2. The van der Waals surface area contributed by atoms with Crippen LogP contribution in [0.4, 0.5) is 5.69 Å². The second-order valence-electron chi connectivity index (χ2n) is 5.55. The van der Waals surface area contributed by atoms with Crippen molar-refractivity contribution in [2.24, 2.45) is 0 Å². The number of sulfonamides is 1. The predicted molar refractivity (Wildman–Crippen MR) is 86.9 cm³/mol. The Morgan fingerprint density at radius 3 is 2.65 bits per heavy atom. The van der Waals surface area contributed by atoms with Crippen molar-refractivity contribution in [2.75, 3.05) is 39.3 Å². The van der Waals surface area contributed by atoms with Crippen LogP contribution >= 0.6 is 0 Å². The predicted octanol–water partition coefficient (Wildman–Crippen LogP) is 0.477. The van der Waals surface area contributed by atoms with Crippen molar-refractivity contribution in [1.29, 1.82) is 0 Å². The lowest BCUT2D eigenvalue weighted by Gasteiger charge is -2.27. The van der Waals surface area contributed by atoms with Gasteiger partial charge in [-0.15, -0.1) is 0 Å². The Kier molecular flexibility index (Phi) is 6.05. The molecule has 0 spiro atoms. The van der Waals surface area contributed by atoms with E-state index in [1.807, 2.05) is 0 Å². The minimum atomic E-state index is -3.63. The molecule has 128 valence electrons. The average molecular weight is 342 g/mol. The Labute approximate surface area is 136 Å². The molecular formula is C14H22N4O4S. The lowest BCUT2D eigenvalue weighted by Crippen LogP contribution is -2.44. The van der Waals surface area contributed by atoms with Crippen LogP contribution in [-0.2, 0) is 10.0 Å². The standard InChI is InChI=1S/C14H22N4O4S/c1-12-11-13(3-4-14(12)18(19)20)23(21,22)16-5-2-8-17-9-6-15-7-10-17/h3-4,11,15-16H,2,5-10H2,1H3. The van der Waals surface area contributed by atoms with Crippen LogP contribution in [0.25, 0.3) is 0 Å². The molecule has 2 N–H and O–H groups in total. The summed E-state index contributed by atoms with van der Waals surface area (Å²) in [7, 11) is -3.63. The fourth-order valence-corrected chi connectivity index (χ4v) is 3.69. The van der Waals surface area contributed by atoms with Gasteiger partial charge in [0.25, 0.3) is 5.69 Å². The number of nitrogens with one attached hydrogen (secondary N) is 2. The normalized spacial score (nSPS) is 16.4. The van der Waals surface area contributed by atoms with Crippen LogP contribution in [0.5, 0.6) is 0 Å². The highest BCUT2D eigenvalue weighted by Crippen LogP contribution is 2.21. The molecule has 0 bridgehead atoms. The number of nitro groups is 1. The van der Waals surface area contributed by atoms with Crippen molar-refractivity contribution in [2.45, 2.75) is 18.2 Å². The lowest BCUT2D eigenvalue weighted by atomic mass is 10.2. The third-order valence-corrected chi connectivity index (χ3v) is 5.29. The van der Waals surface area contributed by atoms with Crippen LogP contribution in [0.1, 0.15) is 12.0 Å². The number of benzene rings is 1. The van der Waals surface area contributed by atoms with Crippen LogP contribution in [0, 0.1) is 17.0 Å². The largest absolute Gasteiger partial charge is 0.314 e. The van der Waals surface area contributed by atoms with Gasteiger partial charge in [-0.05, 0) is 32.0 Å². The van der Waals surface area contributed by atoms with Crippen molar-refractivity contribution in [1.82, 2.24) is 14.9 Å². The monoisotopic (exact) mass is 342 g/mol. The second-order valence-corrected chi connectivity index (χ2v) is 7.32. The first kappa shape index (κ1) is 17.8. The third kappa shape index (κ3) is 4.96. The Morgan fingerprint density at radius 2 is 2.04 bits per heavy atom. The van der Waals surface area contributed by atoms with Crippen molar-refractivity contribution in [3.63, 3.8) is 0 Å². The summed E-state index contributed by atoms with van der Waals surface area (Å²) < 4.78 is 27.0. The maximum absolute atomic E-state index is 12.2. The van der Waals surface area contributed by atoms with Crippen molar-refractivity contribution in [3.05, 3.63) is 33.9 Å². The number of nitrogens with zero attached hydrogens (tertiary/aromatic N) is 2. The maximum atomic E-state index is 12.2. The van der Waals surface area contributed by atoms with E-state index < -0.39 is 14.9 Å². The molecule has 8 nitrogen and oxygen atoms in total. The Balaban J connectivity index is 1.88. The van der Waals surface area contributed by atoms with E-state index in [0.29, 0.717) is 12.1 Å². The molecule has 1 aromatic rings. The van der Waals surface area contributed by atoms with Gasteiger partial charge >= 0.3 is 0 Å². The summed E-state index contributed by atoms with van der Waals surface area (Å²) in [4.78, 5) is 12.6. The van der Waals surface area contributed by atoms with Crippen LogP contribution in [0.15, 0.2) is 23.1 Å². The topological polar surface area (TPSA) is 105 Å². The molecule has 1 saturated heterocycles. The Hall–Kier alpha value is -1.55. The lowest BCUT2D eigenvalue weighted by molar-refractivity contribution is -0.385. The Bertz CT molecular complexity index is 657. The molecular weight excluding hydrogens is 320 g/mol. The van der Waals surface area contributed by atoms with Crippen LogP contribution in [0.3, 0.4) is 0 Å². The van der Waals surface area contributed by atoms with Crippen molar-refractivity contribution in [3.8, 4) is 0 Å². The number of nitro benzene ring substituents is 1. The maximum Gasteiger partial charge on any atom is 0.272 e. The second kappa shape index (κ2) is 7.82. The molecule has 0 saturated carbocycles. The van der Waals surface area contributed by atoms with Gasteiger partial charge in [-0.2, -0.15) is 0 Å². The van der Waals surface area contributed by atoms with Gasteiger partial charge in [0.1, 0.15) is 0 Å². The summed E-state index contributed by atoms with van der Waals surface area (Å²) >= 11 is 0. The molecule has 0 radical (unpaired) electrons. The molecule has 2 rings (SSSR count). The minimum absolute atomic E-state index is 0.0581. The van der Waals surface area contributed by atoms with Gasteiger partial charge in [-0.1, -0.05) is 0 Å². The van der Waals surface area contributed by atoms with E-state index in [1.54, 1.807) is 0 Å². The fraction of sp³-hybridized carbons (Fsp3) is 0.571. The molecule has 0 aliphatic carbocycles. The Morgan fingerprint density at radius 1 is 1.35 bits per heavy atom. The minimum Gasteiger partial charge on any atom is -0.314 e. The quantitative estimate of drug-likeness (QED) is 0.424. The highest BCUT2D eigenvalue weighted by molar-refractivity contribution is 7.89. The molecule has 1 fully saturated rings. The van der Waals surface area contributed by atoms with E-state index in [0.717, 1.165) is 39.1 Å². The van der Waals surface area contributed by atoms with E-state index >= 15 is 0 Å². The van der Waals surface area contributed by atoms with E-state index in [2.05, 4.69) is 14.9 Å². The van der Waals surface area contributed by atoms with E-state index in [1.165, 1.54) is 25.1 Å². The van der Waals surface area contributed by atoms with Crippen LogP contribution < -0.4 is 10.0 Å². The smallest absolute Gasteiger partial charge is 0.272 e. The van der Waals surface area contributed by atoms with Gasteiger partial charge in [-0.3, -0.25) is 10.1 Å². The SMILES string of the molecule is Cc1cc(S(=O)(=O)NCCCN2CCNCC2)ccc1[N+](=O)[O-]. The highest BCUT2D eigenvalue weighted by atomic mass is 32.2. The molecule has 1 aliphatic rings. The highest BCUT2D eigenvalue weighted by Gasteiger charge is 2.18.